The van der Waals surface area contributed by atoms with Gasteiger partial charge >= 0.3 is 5.97 Å². The van der Waals surface area contributed by atoms with Gasteiger partial charge in [0.2, 0.25) is 0 Å². The van der Waals surface area contributed by atoms with Gasteiger partial charge in [-0.2, -0.15) is 0 Å². The molecule has 2 heterocycles. The van der Waals surface area contributed by atoms with Crippen LogP contribution in [0, 0.1) is 0 Å². The highest BCUT2D eigenvalue weighted by Crippen LogP contribution is 2.21. The molecule has 0 aliphatic carbocycles. The fraction of sp³-hybridized carbons (Fsp3) is 0.909. The van der Waals surface area contributed by atoms with Crippen molar-refractivity contribution >= 4 is 5.97 Å². The first-order chi connectivity index (χ1) is 7.62. The minimum absolute atomic E-state index is 0.196. The van der Waals surface area contributed by atoms with Gasteiger partial charge in [0.25, 0.3) is 0 Å². The summed E-state index contributed by atoms with van der Waals surface area (Å²) in [6.45, 7) is 2.88. The van der Waals surface area contributed by atoms with Crippen LogP contribution in [0.2, 0.25) is 0 Å². The lowest BCUT2D eigenvalue weighted by Crippen LogP contribution is -2.55. The van der Waals surface area contributed by atoms with Crippen molar-refractivity contribution < 1.29 is 14.6 Å². The van der Waals surface area contributed by atoms with Gasteiger partial charge in [0.15, 0.2) is 0 Å². The van der Waals surface area contributed by atoms with Gasteiger partial charge in [0.05, 0.1) is 6.10 Å². The highest BCUT2D eigenvalue weighted by molar-refractivity contribution is 5.79. The highest BCUT2D eigenvalue weighted by Gasteiger charge is 2.43. The minimum Gasteiger partial charge on any atom is -0.480 e. The number of nitrogens with one attached hydrogen (secondary N) is 1. The Morgan fingerprint density at radius 2 is 2.50 bits per heavy atom. The van der Waals surface area contributed by atoms with Crippen molar-refractivity contribution in [2.75, 3.05) is 33.3 Å². The number of aliphatic carboxylic acids is 1. The summed E-state index contributed by atoms with van der Waals surface area (Å²) in [5.74, 6) is -0.741. The zero-order valence-corrected chi connectivity index (χ0v) is 9.74. The van der Waals surface area contributed by atoms with Gasteiger partial charge in [-0.15, -0.1) is 0 Å². The van der Waals surface area contributed by atoms with Crippen LogP contribution in [0.5, 0.6) is 0 Å². The van der Waals surface area contributed by atoms with Crippen LogP contribution >= 0.6 is 0 Å². The van der Waals surface area contributed by atoms with Gasteiger partial charge in [-0.25, -0.2) is 0 Å². The van der Waals surface area contributed by atoms with Crippen LogP contribution in [0.25, 0.3) is 0 Å². The van der Waals surface area contributed by atoms with Gasteiger partial charge in [0.1, 0.15) is 5.54 Å². The predicted octanol–water partition coefficient (Wildman–Crippen LogP) is -0.0861. The maximum absolute atomic E-state index is 11.3. The summed E-state index contributed by atoms with van der Waals surface area (Å²) in [7, 11) is 1.96. The molecular formula is C11H20N2O3. The molecule has 2 unspecified atom stereocenters. The van der Waals surface area contributed by atoms with Gasteiger partial charge in [0, 0.05) is 26.2 Å². The second kappa shape index (κ2) is 4.69. The SMILES string of the molecule is CN1CCC(NCC2CCCO2)(C(=O)O)C1. The summed E-state index contributed by atoms with van der Waals surface area (Å²) < 4.78 is 5.50. The predicted molar refractivity (Wildman–Crippen MR) is 59.5 cm³/mol. The van der Waals surface area contributed by atoms with Crippen LogP contribution < -0.4 is 5.32 Å². The summed E-state index contributed by atoms with van der Waals surface area (Å²) in [5, 5.41) is 12.5. The third-order valence-electron chi connectivity index (χ3n) is 3.56. The zero-order chi connectivity index (χ0) is 11.6. The van der Waals surface area contributed by atoms with Gasteiger partial charge in [-0.05, 0) is 26.3 Å². The summed E-state index contributed by atoms with van der Waals surface area (Å²) in [6.07, 6.45) is 3.00. The lowest BCUT2D eigenvalue weighted by molar-refractivity contribution is -0.144. The number of likely N-dealkylation sites (tertiary alicyclic amines) is 1. The van der Waals surface area contributed by atoms with Crippen LogP contribution in [0.3, 0.4) is 0 Å². The number of ether oxygens (including phenoxy) is 1. The molecule has 2 aliphatic heterocycles. The van der Waals surface area contributed by atoms with Crippen LogP contribution in [0.1, 0.15) is 19.3 Å². The summed E-state index contributed by atoms with van der Waals surface area (Å²) in [6, 6.07) is 0. The molecule has 2 N–H and O–H groups in total. The van der Waals surface area contributed by atoms with E-state index in [9.17, 15) is 9.90 Å². The number of hydrogen-bond acceptors (Lipinski definition) is 4. The van der Waals surface area contributed by atoms with E-state index in [1.54, 1.807) is 0 Å². The van der Waals surface area contributed by atoms with Crippen molar-refractivity contribution in [3.8, 4) is 0 Å². The fourth-order valence-corrected chi connectivity index (χ4v) is 2.51. The van der Waals surface area contributed by atoms with Crippen molar-refractivity contribution in [1.82, 2.24) is 10.2 Å². The molecule has 2 aliphatic rings. The van der Waals surface area contributed by atoms with E-state index in [-0.39, 0.29) is 6.10 Å². The molecule has 2 fully saturated rings. The largest absolute Gasteiger partial charge is 0.480 e. The van der Waals surface area contributed by atoms with E-state index in [2.05, 4.69) is 10.2 Å². The van der Waals surface area contributed by atoms with Crippen molar-refractivity contribution in [2.24, 2.45) is 0 Å². The Bertz CT molecular complexity index is 266. The molecule has 5 heteroatoms. The van der Waals surface area contributed by atoms with E-state index in [1.807, 2.05) is 7.05 Å². The molecule has 5 nitrogen and oxygen atoms in total. The number of carboxylic acids is 1. The molecule has 0 aromatic rings. The topological polar surface area (TPSA) is 61.8 Å². The lowest BCUT2D eigenvalue weighted by Gasteiger charge is -2.27. The Kier molecular flexibility index (Phi) is 3.47. The minimum atomic E-state index is -0.763. The van der Waals surface area contributed by atoms with Crippen molar-refractivity contribution in [3.63, 3.8) is 0 Å². The fourth-order valence-electron chi connectivity index (χ4n) is 2.51. The molecule has 0 spiro atoms. The zero-order valence-electron chi connectivity index (χ0n) is 9.74. The van der Waals surface area contributed by atoms with Gasteiger partial charge in [-0.1, -0.05) is 0 Å². The molecule has 0 aromatic heterocycles. The van der Waals surface area contributed by atoms with Crippen molar-refractivity contribution in [1.29, 1.82) is 0 Å². The number of likely N-dealkylation sites (N-methyl/N-ethyl adjacent to an activating group) is 1. The normalized spacial score (nSPS) is 35.7. The van der Waals surface area contributed by atoms with E-state index < -0.39 is 11.5 Å². The summed E-state index contributed by atoms with van der Waals surface area (Å²) >= 11 is 0. The monoisotopic (exact) mass is 228 g/mol. The molecule has 2 rings (SSSR count). The second-order valence-corrected chi connectivity index (χ2v) is 4.89. The third kappa shape index (κ3) is 2.36. The average Bonchev–Trinajstić information content (AvgIpc) is 2.84. The Morgan fingerprint density at radius 1 is 1.69 bits per heavy atom. The maximum atomic E-state index is 11.3. The van der Waals surface area contributed by atoms with E-state index in [1.165, 1.54) is 0 Å². The first-order valence-electron chi connectivity index (χ1n) is 5.91. The molecule has 0 bridgehead atoms. The first-order valence-corrected chi connectivity index (χ1v) is 5.91. The van der Waals surface area contributed by atoms with E-state index in [0.29, 0.717) is 19.5 Å². The van der Waals surface area contributed by atoms with Crippen LogP contribution in [0.4, 0.5) is 0 Å². The van der Waals surface area contributed by atoms with Crippen molar-refractivity contribution in [2.45, 2.75) is 30.9 Å². The number of nitrogens with zero attached hydrogens (tertiary/aromatic N) is 1. The van der Waals surface area contributed by atoms with Crippen LogP contribution in [-0.4, -0.2) is 60.9 Å². The summed E-state index contributed by atoms with van der Waals surface area (Å²) in [4.78, 5) is 13.4. The second-order valence-electron chi connectivity index (χ2n) is 4.89. The van der Waals surface area contributed by atoms with Gasteiger partial charge < -0.3 is 14.7 Å². The van der Waals surface area contributed by atoms with Crippen molar-refractivity contribution in [3.05, 3.63) is 0 Å². The average molecular weight is 228 g/mol. The Morgan fingerprint density at radius 3 is 3.00 bits per heavy atom. The number of carboxylic acid groups (broad SMARTS) is 1. The van der Waals surface area contributed by atoms with Gasteiger partial charge in [-0.3, -0.25) is 10.1 Å². The quantitative estimate of drug-likeness (QED) is 0.704. The molecule has 2 saturated heterocycles. The first kappa shape index (κ1) is 11.8. The molecule has 92 valence electrons. The smallest absolute Gasteiger partial charge is 0.325 e. The molecule has 2 atom stereocenters. The van der Waals surface area contributed by atoms with Crippen LogP contribution in [0.15, 0.2) is 0 Å². The Balaban J connectivity index is 1.90. The lowest BCUT2D eigenvalue weighted by atomic mass is 9.98. The van der Waals surface area contributed by atoms with Crippen LogP contribution in [-0.2, 0) is 9.53 Å². The summed E-state index contributed by atoms with van der Waals surface area (Å²) in [5.41, 5.74) is -0.763. The third-order valence-corrected chi connectivity index (χ3v) is 3.56. The van der Waals surface area contributed by atoms with E-state index >= 15 is 0 Å². The van der Waals surface area contributed by atoms with E-state index in [0.717, 1.165) is 26.0 Å². The Hall–Kier alpha value is -0.650. The number of hydrogen-bond donors (Lipinski definition) is 2. The molecule has 0 radical (unpaired) electrons. The number of carbonyl (C=O) groups is 1. The standard InChI is InChI=1S/C11H20N2O3/c1-13-5-4-11(8-13,10(14)15)12-7-9-3-2-6-16-9/h9,12H,2-8H2,1H3,(H,14,15). The molecular weight excluding hydrogens is 208 g/mol. The highest BCUT2D eigenvalue weighted by atomic mass is 16.5. The Labute approximate surface area is 95.8 Å². The molecule has 0 aromatic carbocycles. The van der Waals surface area contributed by atoms with E-state index in [4.69, 9.17) is 4.74 Å². The molecule has 0 saturated carbocycles. The maximum Gasteiger partial charge on any atom is 0.325 e. The number of rotatable bonds is 4. The molecule has 16 heavy (non-hydrogen) atoms. The molecule has 0 amide bonds.